The highest BCUT2D eigenvalue weighted by Gasteiger charge is 2.52. The summed E-state index contributed by atoms with van der Waals surface area (Å²) >= 11 is 1.65. The molecule has 3 aromatic rings. The molecule has 4 unspecified atom stereocenters. The zero-order valence-corrected chi connectivity index (χ0v) is 30.3. The van der Waals surface area contributed by atoms with Gasteiger partial charge in [-0.25, -0.2) is 0 Å². The van der Waals surface area contributed by atoms with Crippen molar-refractivity contribution in [3.05, 3.63) is 77.9 Å². The summed E-state index contributed by atoms with van der Waals surface area (Å²) in [5, 5.41) is 12.5. The van der Waals surface area contributed by atoms with Crippen LogP contribution in [0.3, 0.4) is 0 Å². The largest absolute Gasteiger partial charge is 0.488 e. The van der Waals surface area contributed by atoms with Crippen molar-refractivity contribution in [3.63, 3.8) is 0 Å². The van der Waals surface area contributed by atoms with Gasteiger partial charge in [0.1, 0.15) is 35.7 Å². The molecule has 0 aromatic heterocycles. The van der Waals surface area contributed by atoms with Crippen molar-refractivity contribution in [2.75, 3.05) is 40.2 Å². The monoisotopic (exact) mass is 677 g/mol. The van der Waals surface area contributed by atoms with E-state index in [2.05, 4.69) is 43.1 Å². The number of benzene rings is 3. The van der Waals surface area contributed by atoms with E-state index in [1.807, 2.05) is 87.5 Å². The number of hydrogen-bond donors (Lipinski definition) is 1. The summed E-state index contributed by atoms with van der Waals surface area (Å²) in [6.45, 7) is 12.7. The lowest BCUT2D eigenvalue weighted by Gasteiger charge is -2.46. The van der Waals surface area contributed by atoms with Gasteiger partial charge in [0.15, 0.2) is 19.2 Å². The highest BCUT2D eigenvalue weighted by atomic mass is 32.2. The maximum Gasteiger partial charge on any atom is 0.247 e. The van der Waals surface area contributed by atoms with Crippen molar-refractivity contribution in [1.29, 1.82) is 0 Å². The standard InChI is InChI=1S/C37H45O8SSi/c1-26(36(6,45-47)34(2,3)4)44-30-16-14-28(15-17-30)41-21-9-20-37(38)32-19-18-31(43-25-40-8)22-33(32)46-23-35(37,5)27-10-12-29(13-11-27)42-24-39-7/h10-19,22,26,38H,21,23-25H2,1-8H3. The Kier molecular flexibility index (Phi) is 12.0. The topological polar surface area (TPSA) is 84.8 Å². The molecule has 4 rings (SSSR count). The Bertz CT molecular complexity index is 1530. The lowest BCUT2D eigenvalue weighted by Crippen LogP contribution is -2.53. The molecule has 10 heteroatoms. The maximum atomic E-state index is 12.5. The van der Waals surface area contributed by atoms with Crippen LogP contribution >= 0.6 is 11.8 Å². The third kappa shape index (κ3) is 7.94. The summed E-state index contributed by atoms with van der Waals surface area (Å²) in [6, 6.07) is 20.7. The van der Waals surface area contributed by atoms with Gasteiger partial charge in [-0.15, -0.1) is 11.8 Å². The van der Waals surface area contributed by atoms with Crippen molar-refractivity contribution in [1.82, 2.24) is 0 Å². The molecule has 47 heavy (non-hydrogen) atoms. The number of ether oxygens (including phenoxy) is 6. The van der Waals surface area contributed by atoms with Gasteiger partial charge in [-0.1, -0.05) is 57.7 Å². The number of aliphatic hydroxyl groups is 1. The highest BCUT2D eigenvalue weighted by Crippen LogP contribution is 2.53. The van der Waals surface area contributed by atoms with Crippen LogP contribution in [0, 0.1) is 17.3 Å². The second-order valence-electron chi connectivity index (χ2n) is 12.9. The average molecular weight is 678 g/mol. The smallest absolute Gasteiger partial charge is 0.247 e. The lowest BCUT2D eigenvalue weighted by atomic mass is 9.66. The van der Waals surface area contributed by atoms with Gasteiger partial charge < -0.3 is 38.0 Å². The van der Waals surface area contributed by atoms with Gasteiger partial charge in [0, 0.05) is 35.8 Å². The average Bonchev–Trinajstić information content (AvgIpc) is 3.06. The van der Waals surface area contributed by atoms with E-state index >= 15 is 0 Å². The van der Waals surface area contributed by atoms with Gasteiger partial charge in [-0.2, -0.15) is 0 Å². The van der Waals surface area contributed by atoms with E-state index in [9.17, 15) is 5.11 Å². The first-order chi connectivity index (χ1) is 22.3. The Morgan fingerprint density at radius 3 is 2.00 bits per heavy atom. The molecule has 0 spiro atoms. The fourth-order valence-electron chi connectivity index (χ4n) is 5.37. The molecule has 8 nitrogen and oxygen atoms in total. The lowest BCUT2D eigenvalue weighted by molar-refractivity contribution is -0.0876. The van der Waals surface area contributed by atoms with Crippen LogP contribution in [0.2, 0.25) is 0 Å². The summed E-state index contributed by atoms with van der Waals surface area (Å²) < 4.78 is 39.2. The van der Waals surface area contributed by atoms with Crippen LogP contribution in [-0.4, -0.2) is 67.5 Å². The maximum absolute atomic E-state index is 12.5. The minimum absolute atomic E-state index is 0.0790. The third-order valence-corrected chi connectivity index (χ3v) is 10.8. The van der Waals surface area contributed by atoms with Gasteiger partial charge in [0.2, 0.25) is 10.5 Å². The van der Waals surface area contributed by atoms with Gasteiger partial charge in [0.25, 0.3) is 0 Å². The number of thioether (sulfide) groups is 1. The number of hydrogen-bond acceptors (Lipinski definition) is 9. The van der Waals surface area contributed by atoms with Crippen molar-refractivity contribution < 1.29 is 38.0 Å². The number of methoxy groups -OCH3 is 2. The molecule has 0 saturated carbocycles. The molecule has 4 atom stereocenters. The van der Waals surface area contributed by atoms with Crippen LogP contribution in [0.4, 0.5) is 0 Å². The second kappa shape index (κ2) is 15.4. The van der Waals surface area contributed by atoms with E-state index in [1.165, 1.54) is 0 Å². The molecule has 3 aromatic carbocycles. The first-order valence-corrected chi connectivity index (χ1v) is 16.8. The predicted octanol–water partition coefficient (Wildman–Crippen LogP) is 6.66. The van der Waals surface area contributed by atoms with E-state index in [-0.39, 0.29) is 31.7 Å². The van der Waals surface area contributed by atoms with Crippen LogP contribution in [0.1, 0.15) is 52.7 Å². The zero-order chi connectivity index (χ0) is 34.3. The molecule has 0 amide bonds. The van der Waals surface area contributed by atoms with Crippen LogP contribution in [0.15, 0.2) is 71.6 Å². The fourth-order valence-corrected chi connectivity index (χ4v) is 7.23. The fraction of sp³-hybridized carbons (Fsp3) is 0.459. The summed E-state index contributed by atoms with van der Waals surface area (Å²) in [7, 11) is 6.41. The van der Waals surface area contributed by atoms with Crippen molar-refractivity contribution in [3.8, 4) is 34.8 Å². The molecule has 0 aliphatic carbocycles. The zero-order valence-electron chi connectivity index (χ0n) is 28.5. The van der Waals surface area contributed by atoms with Crippen molar-refractivity contribution in [2.45, 2.75) is 69.2 Å². The first kappa shape index (κ1) is 36.7. The Morgan fingerprint density at radius 1 is 0.851 bits per heavy atom. The van der Waals surface area contributed by atoms with Crippen LogP contribution in [-0.2, 0) is 24.9 Å². The molecule has 1 aliphatic rings. The SMILES string of the molecule is COCOc1ccc(C2(C)CSc3cc(OCOC)ccc3C2(O)C#CCOc2ccc(OC(C)C(C)(O[Si])C(C)(C)C)cc2)cc1. The summed E-state index contributed by atoms with van der Waals surface area (Å²) in [6.07, 6.45) is -0.235. The molecule has 0 saturated heterocycles. The first-order valence-electron chi connectivity index (χ1n) is 15.4. The Balaban J connectivity index is 1.56. The van der Waals surface area contributed by atoms with Crippen LogP contribution < -0.4 is 18.9 Å². The molecule has 0 fully saturated rings. The van der Waals surface area contributed by atoms with Crippen LogP contribution in [0.25, 0.3) is 0 Å². The van der Waals surface area contributed by atoms with Crippen LogP contribution in [0.5, 0.6) is 23.0 Å². The highest BCUT2D eigenvalue weighted by molar-refractivity contribution is 7.99. The van der Waals surface area contributed by atoms with Crippen molar-refractivity contribution >= 4 is 22.2 Å². The van der Waals surface area contributed by atoms with E-state index in [0.717, 1.165) is 10.5 Å². The molecular weight excluding hydrogens is 633 g/mol. The Morgan fingerprint density at radius 2 is 1.40 bits per heavy atom. The molecule has 1 aliphatic heterocycles. The predicted molar refractivity (Wildman–Crippen MR) is 184 cm³/mol. The van der Waals surface area contributed by atoms with E-state index in [4.69, 9.17) is 32.8 Å². The van der Waals surface area contributed by atoms with E-state index < -0.39 is 16.6 Å². The normalized spacial score (nSPS) is 21.0. The molecule has 3 radical (unpaired) electrons. The van der Waals surface area contributed by atoms with Gasteiger partial charge >= 0.3 is 0 Å². The van der Waals surface area contributed by atoms with Gasteiger partial charge in [-0.05, 0) is 73.4 Å². The second-order valence-corrected chi connectivity index (χ2v) is 14.1. The number of fused-ring (bicyclic) bond motifs is 1. The summed E-state index contributed by atoms with van der Waals surface area (Å²) in [5.74, 6) is 9.56. The summed E-state index contributed by atoms with van der Waals surface area (Å²) in [4.78, 5) is 0.895. The Hall–Kier alpha value is -3.17. The minimum Gasteiger partial charge on any atom is -0.488 e. The Labute approximate surface area is 286 Å². The quantitative estimate of drug-likeness (QED) is 0.121. The van der Waals surface area contributed by atoms with Gasteiger partial charge in [0.05, 0.1) is 5.60 Å². The molecule has 1 N–H and O–H groups in total. The summed E-state index contributed by atoms with van der Waals surface area (Å²) in [5.41, 5.74) is -1.40. The van der Waals surface area contributed by atoms with E-state index in [1.54, 1.807) is 26.0 Å². The molecule has 251 valence electrons. The van der Waals surface area contributed by atoms with Crippen molar-refractivity contribution in [2.24, 2.45) is 5.41 Å². The van der Waals surface area contributed by atoms with E-state index in [0.29, 0.717) is 34.3 Å². The molecular formula is C37H45O8SSi. The molecule has 1 heterocycles. The third-order valence-electron chi connectivity index (χ3n) is 9.03. The minimum atomic E-state index is -1.53. The van der Waals surface area contributed by atoms with Gasteiger partial charge in [-0.3, -0.25) is 0 Å². The number of rotatable bonds is 13. The molecule has 0 bridgehead atoms.